The number of carbonyl (C=O) groups excluding carboxylic acids is 2. The molecule has 17 heavy (non-hydrogen) atoms. The summed E-state index contributed by atoms with van der Waals surface area (Å²) in [5, 5.41) is 0. The summed E-state index contributed by atoms with van der Waals surface area (Å²) in [6.45, 7) is 2.73. The number of hydrogen-bond donors (Lipinski definition) is 0. The van der Waals surface area contributed by atoms with Gasteiger partial charge in [-0.25, -0.2) is 0 Å². The van der Waals surface area contributed by atoms with Crippen LogP contribution in [0, 0.1) is 0 Å². The molecule has 2 heterocycles. The zero-order chi connectivity index (χ0) is 12.4. The average Bonchev–Trinajstić information content (AvgIpc) is 2.24. The van der Waals surface area contributed by atoms with Crippen LogP contribution >= 0.6 is 0 Å². The van der Waals surface area contributed by atoms with Crippen LogP contribution in [0.25, 0.3) is 0 Å². The lowest BCUT2D eigenvalue weighted by atomic mass is 9.92. The third-order valence-electron chi connectivity index (χ3n) is 2.91. The molecular formula is C12H16O5. The molecule has 0 aromatic rings. The Morgan fingerprint density at radius 3 is 2.47 bits per heavy atom. The third-order valence-corrected chi connectivity index (χ3v) is 2.91. The van der Waals surface area contributed by atoms with Crippen LogP contribution in [0.2, 0.25) is 0 Å². The highest BCUT2D eigenvalue weighted by Gasteiger charge is 2.41. The fourth-order valence-corrected chi connectivity index (χ4v) is 2.28. The van der Waals surface area contributed by atoms with E-state index in [1.807, 2.05) is 12.2 Å². The Bertz CT molecular complexity index is 349. The van der Waals surface area contributed by atoms with Gasteiger partial charge in [0.05, 0.1) is 6.10 Å². The van der Waals surface area contributed by atoms with E-state index < -0.39 is 0 Å². The van der Waals surface area contributed by atoms with E-state index >= 15 is 0 Å². The van der Waals surface area contributed by atoms with Crippen molar-refractivity contribution >= 4 is 11.9 Å². The molecule has 0 amide bonds. The van der Waals surface area contributed by atoms with Gasteiger partial charge in [0.25, 0.3) is 0 Å². The Morgan fingerprint density at radius 1 is 1.18 bits per heavy atom. The Morgan fingerprint density at radius 2 is 1.82 bits per heavy atom. The van der Waals surface area contributed by atoms with Crippen LogP contribution in [0.5, 0.6) is 0 Å². The molecule has 0 N–H and O–H groups in total. The van der Waals surface area contributed by atoms with Crippen molar-refractivity contribution in [1.82, 2.24) is 0 Å². The van der Waals surface area contributed by atoms with E-state index in [-0.39, 0.29) is 36.4 Å². The van der Waals surface area contributed by atoms with Gasteiger partial charge in [0.1, 0.15) is 18.3 Å². The van der Waals surface area contributed by atoms with Gasteiger partial charge in [-0.2, -0.15) is 0 Å². The van der Waals surface area contributed by atoms with Crippen molar-refractivity contribution < 1.29 is 23.8 Å². The number of hydrogen-bond acceptors (Lipinski definition) is 5. The van der Waals surface area contributed by atoms with Gasteiger partial charge in [-0.15, -0.1) is 0 Å². The number of ether oxygens (including phenoxy) is 3. The molecule has 4 atom stereocenters. The molecule has 0 aliphatic carbocycles. The molecule has 0 radical (unpaired) electrons. The summed E-state index contributed by atoms with van der Waals surface area (Å²) in [5.41, 5.74) is 0. The standard InChI is InChI=1S/C12H16O5/c1-7(13)15-11-6-12(16-8(2)14)10-5-3-4-9(11)17-10/h3-4,9-12H,5-6H2,1-2H3/t9-,10+,11-,12+/m0/s1. The van der Waals surface area contributed by atoms with Crippen LogP contribution in [0.1, 0.15) is 26.7 Å². The molecule has 0 aromatic heterocycles. The first-order chi connectivity index (χ1) is 8.06. The lowest BCUT2D eigenvalue weighted by molar-refractivity contribution is -0.195. The number of fused-ring (bicyclic) bond motifs is 2. The average molecular weight is 240 g/mol. The van der Waals surface area contributed by atoms with Crippen molar-refractivity contribution in [2.45, 2.75) is 51.1 Å². The molecule has 5 nitrogen and oxygen atoms in total. The number of esters is 2. The smallest absolute Gasteiger partial charge is 0.303 e. The quantitative estimate of drug-likeness (QED) is 0.531. The Labute approximate surface area is 99.7 Å². The van der Waals surface area contributed by atoms with Crippen LogP contribution in [-0.2, 0) is 23.8 Å². The minimum atomic E-state index is -0.371. The van der Waals surface area contributed by atoms with E-state index in [2.05, 4.69) is 0 Å². The largest absolute Gasteiger partial charge is 0.460 e. The fourth-order valence-electron chi connectivity index (χ4n) is 2.28. The zero-order valence-corrected chi connectivity index (χ0v) is 9.92. The summed E-state index contributed by atoms with van der Waals surface area (Å²) >= 11 is 0. The van der Waals surface area contributed by atoms with Crippen LogP contribution < -0.4 is 0 Å². The fraction of sp³-hybridized carbons (Fsp3) is 0.667. The van der Waals surface area contributed by atoms with Gasteiger partial charge in [0.15, 0.2) is 0 Å². The van der Waals surface area contributed by atoms with Gasteiger partial charge >= 0.3 is 11.9 Å². The van der Waals surface area contributed by atoms with Gasteiger partial charge < -0.3 is 14.2 Å². The van der Waals surface area contributed by atoms with Crippen LogP contribution in [0.3, 0.4) is 0 Å². The molecule has 2 aliphatic heterocycles. The summed E-state index contributed by atoms with van der Waals surface area (Å²) in [5.74, 6) is -0.689. The first kappa shape index (κ1) is 12.1. The lowest BCUT2D eigenvalue weighted by Crippen LogP contribution is -2.50. The van der Waals surface area contributed by atoms with Gasteiger partial charge in [-0.1, -0.05) is 12.2 Å². The number of carbonyl (C=O) groups is 2. The second kappa shape index (κ2) is 4.87. The first-order valence-electron chi connectivity index (χ1n) is 5.73. The second-order valence-corrected chi connectivity index (χ2v) is 4.33. The topological polar surface area (TPSA) is 61.8 Å². The van der Waals surface area contributed by atoms with E-state index in [0.717, 1.165) is 6.42 Å². The predicted octanol–water partition coefficient (Wildman–Crippen LogP) is 0.967. The van der Waals surface area contributed by atoms with E-state index in [1.54, 1.807) is 0 Å². The highest BCUT2D eigenvalue weighted by molar-refractivity contribution is 5.67. The molecule has 1 fully saturated rings. The van der Waals surface area contributed by atoms with E-state index in [1.165, 1.54) is 13.8 Å². The summed E-state index contributed by atoms with van der Waals surface area (Å²) < 4.78 is 16.1. The first-order valence-corrected chi connectivity index (χ1v) is 5.73. The van der Waals surface area contributed by atoms with Gasteiger partial charge in [0.2, 0.25) is 0 Å². The summed E-state index contributed by atoms with van der Waals surface area (Å²) in [6.07, 6.45) is 4.05. The van der Waals surface area contributed by atoms with Crippen molar-refractivity contribution in [2.75, 3.05) is 0 Å². The number of rotatable bonds is 2. The summed E-state index contributed by atoms with van der Waals surface area (Å²) in [4.78, 5) is 22.0. The van der Waals surface area contributed by atoms with E-state index in [0.29, 0.717) is 6.42 Å². The predicted molar refractivity (Wildman–Crippen MR) is 58.1 cm³/mol. The van der Waals surface area contributed by atoms with E-state index in [9.17, 15) is 9.59 Å². The van der Waals surface area contributed by atoms with Gasteiger partial charge in [-0.05, 0) is 6.42 Å². The Balaban J connectivity index is 2.08. The molecule has 0 aromatic carbocycles. The Hall–Kier alpha value is -1.36. The maximum absolute atomic E-state index is 11.0. The second-order valence-electron chi connectivity index (χ2n) is 4.33. The Kier molecular flexibility index (Phi) is 3.47. The molecule has 5 heteroatoms. The molecule has 1 saturated heterocycles. The van der Waals surface area contributed by atoms with Gasteiger partial charge in [0, 0.05) is 20.3 Å². The highest BCUT2D eigenvalue weighted by Crippen LogP contribution is 2.31. The maximum atomic E-state index is 11.0. The van der Waals surface area contributed by atoms with Crippen molar-refractivity contribution in [2.24, 2.45) is 0 Å². The zero-order valence-electron chi connectivity index (χ0n) is 9.92. The molecule has 0 spiro atoms. The maximum Gasteiger partial charge on any atom is 0.303 e. The SMILES string of the molecule is CC(=O)O[C@H]1C[C@@H](OC(C)=O)[C@H]2CC=C[C@@H]1O2. The van der Waals surface area contributed by atoms with Crippen LogP contribution in [0.15, 0.2) is 12.2 Å². The normalized spacial score (nSPS) is 35.2. The molecule has 0 saturated carbocycles. The van der Waals surface area contributed by atoms with E-state index in [4.69, 9.17) is 14.2 Å². The van der Waals surface area contributed by atoms with Crippen molar-refractivity contribution in [3.8, 4) is 0 Å². The highest BCUT2D eigenvalue weighted by atomic mass is 16.6. The molecule has 2 bridgehead atoms. The lowest BCUT2D eigenvalue weighted by Gasteiger charge is -2.41. The molecule has 0 unspecified atom stereocenters. The molecule has 94 valence electrons. The minimum absolute atomic E-state index is 0.124. The molecule has 2 rings (SSSR count). The van der Waals surface area contributed by atoms with Crippen molar-refractivity contribution in [1.29, 1.82) is 0 Å². The summed E-state index contributed by atoms with van der Waals surface area (Å²) in [6, 6.07) is 0. The summed E-state index contributed by atoms with van der Waals surface area (Å²) in [7, 11) is 0. The van der Waals surface area contributed by atoms with Gasteiger partial charge in [-0.3, -0.25) is 9.59 Å². The van der Waals surface area contributed by atoms with Crippen molar-refractivity contribution in [3.05, 3.63) is 12.2 Å². The molecule has 2 aliphatic rings. The molecular weight excluding hydrogens is 224 g/mol. The third kappa shape index (κ3) is 2.85. The minimum Gasteiger partial charge on any atom is -0.460 e. The van der Waals surface area contributed by atoms with Crippen molar-refractivity contribution in [3.63, 3.8) is 0 Å². The monoisotopic (exact) mass is 240 g/mol. The van der Waals surface area contributed by atoms with Crippen LogP contribution in [0.4, 0.5) is 0 Å². The van der Waals surface area contributed by atoms with Crippen LogP contribution in [-0.4, -0.2) is 36.4 Å².